The molecular formula is C15H16N4O5. The SMILES string of the molecule is CCOC(=O)c1ccnc(NC(=O)CCn2ccc(=O)[nH]c2=O)c1. The number of aryl methyl sites for hydroxylation is 1. The highest BCUT2D eigenvalue weighted by Gasteiger charge is 2.10. The van der Waals surface area contributed by atoms with Crippen molar-refractivity contribution in [1.82, 2.24) is 14.5 Å². The Morgan fingerprint density at radius 3 is 2.83 bits per heavy atom. The van der Waals surface area contributed by atoms with Crippen LogP contribution in [0.25, 0.3) is 0 Å². The zero-order chi connectivity index (χ0) is 17.5. The van der Waals surface area contributed by atoms with E-state index >= 15 is 0 Å². The summed E-state index contributed by atoms with van der Waals surface area (Å²) in [6, 6.07) is 4.08. The van der Waals surface area contributed by atoms with Gasteiger partial charge in [0.05, 0.1) is 12.2 Å². The molecule has 0 fully saturated rings. The average molecular weight is 332 g/mol. The van der Waals surface area contributed by atoms with Gasteiger partial charge in [0.1, 0.15) is 5.82 Å². The van der Waals surface area contributed by atoms with E-state index in [1.807, 2.05) is 0 Å². The number of aromatic amines is 1. The molecule has 0 saturated carbocycles. The molecule has 2 N–H and O–H groups in total. The number of rotatable bonds is 6. The first-order chi connectivity index (χ1) is 11.5. The standard InChI is InChI=1S/C15H16N4O5/c1-2-24-14(22)10-3-6-16-11(9-10)17-12(20)4-7-19-8-5-13(21)18-15(19)23/h3,5-6,8-9H,2,4,7H2,1H3,(H,16,17,20)(H,18,21,23). The molecule has 9 heteroatoms. The molecule has 2 aromatic heterocycles. The van der Waals surface area contributed by atoms with Gasteiger partial charge < -0.3 is 14.6 Å². The lowest BCUT2D eigenvalue weighted by Gasteiger charge is -2.07. The molecule has 0 saturated heterocycles. The number of H-pyrrole nitrogens is 1. The molecule has 2 rings (SSSR count). The molecule has 126 valence electrons. The van der Waals surface area contributed by atoms with E-state index in [0.29, 0.717) is 0 Å². The van der Waals surface area contributed by atoms with E-state index < -0.39 is 17.2 Å². The number of nitrogens with zero attached hydrogens (tertiary/aromatic N) is 2. The zero-order valence-corrected chi connectivity index (χ0v) is 12.9. The Morgan fingerprint density at radius 1 is 1.33 bits per heavy atom. The first kappa shape index (κ1) is 17.1. The number of aromatic nitrogens is 3. The molecule has 0 radical (unpaired) electrons. The molecule has 2 aromatic rings. The number of amides is 1. The number of pyridine rings is 1. The quantitative estimate of drug-likeness (QED) is 0.725. The van der Waals surface area contributed by atoms with E-state index in [4.69, 9.17) is 4.74 Å². The summed E-state index contributed by atoms with van der Waals surface area (Å²) in [6.07, 6.45) is 2.69. The van der Waals surface area contributed by atoms with Crippen molar-refractivity contribution in [3.05, 3.63) is 57.0 Å². The highest BCUT2D eigenvalue weighted by Crippen LogP contribution is 2.08. The van der Waals surface area contributed by atoms with Gasteiger partial charge in [0.2, 0.25) is 5.91 Å². The lowest BCUT2D eigenvalue weighted by molar-refractivity contribution is -0.116. The van der Waals surface area contributed by atoms with Crippen LogP contribution >= 0.6 is 0 Å². The zero-order valence-electron chi connectivity index (χ0n) is 12.9. The van der Waals surface area contributed by atoms with Crippen LogP contribution in [-0.4, -0.2) is 33.0 Å². The van der Waals surface area contributed by atoms with Gasteiger partial charge in [-0.25, -0.2) is 14.6 Å². The lowest BCUT2D eigenvalue weighted by Crippen LogP contribution is -2.29. The van der Waals surface area contributed by atoms with Crippen molar-refractivity contribution < 1.29 is 14.3 Å². The minimum absolute atomic E-state index is 0.00271. The van der Waals surface area contributed by atoms with Crippen LogP contribution in [0.5, 0.6) is 0 Å². The molecule has 1 amide bonds. The van der Waals surface area contributed by atoms with Crippen molar-refractivity contribution in [2.75, 3.05) is 11.9 Å². The van der Waals surface area contributed by atoms with Crippen LogP contribution in [-0.2, 0) is 16.1 Å². The number of nitrogens with one attached hydrogen (secondary N) is 2. The van der Waals surface area contributed by atoms with Crippen LogP contribution in [0.15, 0.2) is 40.2 Å². The summed E-state index contributed by atoms with van der Waals surface area (Å²) in [5.74, 6) is -0.684. The number of hydrogen-bond donors (Lipinski definition) is 2. The molecule has 0 spiro atoms. The fraction of sp³-hybridized carbons (Fsp3) is 0.267. The predicted molar refractivity (Wildman–Crippen MR) is 84.8 cm³/mol. The van der Waals surface area contributed by atoms with Gasteiger partial charge in [-0.1, -0.05) is 0 Å². The van der Waals surface area contributed by atoms with Crippen LogP contribution in [0.2, 0.25) is 0 Å². The number of carbonyl (C=O) groups excluding carboxylic acids is 2. The Bertz CT molecular complexity index is 855. The molecule has 0 aliphatic rings. The highest BCUT2D eigenvalue weighted by molar-refractivity contribution is 5.93. The summed E-state index contributed by atoms with van der Waals surface area (Å²) in [6.45, 7) is 2.04. The monoisotopic (exact) mass is 332 g/mol. The van der Waals surface area contributed by atoms with Crippen molar-refractivity contribution in [2.45, 2.75) is 19.9 Å². The maximum Gasteiger partial charge on any atom is 0.338 e. The van der Waals surface area contributed by atoms with Crippen molar-refractivity contribution >= 4 is 17.7 Å². The predicted octanol–water partition coefficient (Wildman–Crippen LogP) is 0.137. The second-order valence-electron chi connectivity index (χ2n) is 4.75. The third-order valence-electron chi connectivity index (χ3n) is 3.02. The Kier molecular flexibility index (Phi) is 5.61. The maximum absolute atomic E-state index is 11.9. The molecule has 0 atom stereocenters. The van der Waals surface area contributed by atoms with Gasteiger partial charge in [-0.15, -0.1) is 0 Å². The van der Waals surface area contributed by atoms with Crippen molar-refractivity contribution in [1.29, 1.82) is 0 Å². The summed E-state index contributed by atoms with van der Waals surface area (Å²) in [5, 5.41) is 2.54. The Balaban J connectivity index is 1.97. The Hall–Kier alpha value is -3.23. The van der Waals surface area contributed by atoms with Gasteiger partial charge >= 0.3 is 11.7 Å². The van der Waals surface area contributed by atoms with Crippen LogP contribution in [0.1, 0.15) is 23.7 Å². The van der Waals surface area contributed by atoms with Crippen LogP contribution < -0.4 is 16.6 Å². The molecule has 0 bridgehead atoms. The minimum Gasteiger partial charge on any atom is -0.462 e. The summed E-state index contributed by atoms with van der Waals surface area (Å²) in [4.78, 5) is 52.1. The fourth-order valence-electron chi connectivity index (χ4n) is 1.89. The minimum atomic E-state index is -0.585. The highest BCUT2D eigenvalue weighted by atomic mass is 16.5. The van der Waals surface area contributed by atoms with Gasteiger partial charge in [0.25, 0.3) is 5.56 Å². The normalized spacial score (nSPS) is 10.2. The number of anilines is 1. The van der Waals surface area contributed by atoms with Gasteiger partial charge in [-0.05, 0) is 19.1 Å². The second kappa shape index (κ2) is 7.86. The topological polar surface area (TPSA) is 123 Å². The van der Waals surface area contributed by atoms with E-state index in [0.717, 1.165) is 0 Å². The number of ether oxygens (including phenoxy) is 1. The molecule has 2 heterocycles. The molecule has 0 unspecified atom stereocenters. The molecule has 9 nitrogen and oxygen atoms in total. The van der Waals surface area contributed by atoms with Crippen molar-refractivity contribution in [2.24, 2.45) is 0 Å². The second-order valence-corrected chi connectivity index (χ2v) is 4.75. The summed E-state index contributed by atoms with van der Waals surface area (Å²) in [5.41, 5.74) is -0.808. The largest absolute Gasteiger partial charge is 0.462 e. The van der Waals surface area contributed by atoms with Crippen molar-refractivity contribution in [3.8, 4) is 0 Å². The maximum atomic E-state index is 11.9. The molecule has 0 aliphatic heterocycles. The molecule has 24 heavy (non-hydrogen) atoms. The lowest BCUT2D eigenvalue weighted by atomic mass is 10.2. The third-order valence-corrected chi connectivity index (χ3v) is 3.02. The van der Waals surface area contributed by atoms with Gasteiger partial charge in [0.15, 0.2) is 0 Å². The molecule has 0 aromatic carbocycles. The summed E-state index contributed by atoms with van der Waals surface area (Å²) in [7, 11) is 0. The fourth-order valence-corrected chi connectivity index (χ4v) is 1.89. The van der Waals surface area contributed by atoms with Gasteiger partial charge in [-0.3, -0.25) is 14.6 Å². The molecular weight excluding hydrogens is 316 g/mol. The number of carbonyl (C=O) groups is 2. The van der Waals surface area contributed by atoms with E-state index in [2.05, 4.69) is 15.3 Å². The summed E-state index contributed by atoms with van der Waals surface area (Å²) < 4.78 is 6.08. The van der Waals surface area contributed by atoms with Crippen LogP contribution in [0, 0.1) is 0 Å². The van der Waals surface area contributed by atoms with E-state index in [1.54, 1.807) is 6.92 Å². The Labute approximate surface area is 136 Å². The first-order valence-electron chi connectivity index (χ1n) is 7.22. The molecule has 0 aliphatic carbocycles. The van der Waals surface area contributed by atoms with Crippen LogP contribution in [0.4, 0.5) is 5.82 Å². The van der Waals surface area contributed by atoms with E-state index in [9.17, 15) is 19.2 Å². The first-order valence-corrected chi connectivity index (χ1v) is 7.22. The van der Waals surface area contributed by atoms with E-state index in [-0.39, 0.29) is 36.9 Å². The summed E-state index contributed by atoms with van der Waals surface area (Å²) >= 11 is 0. The van der Waals surface area contributed by atoms with Crippen molar-refractivity contribution in [3.63, 3.8) is 0 Å². The number of esters is 1. The van der Waals surface area contributed by atoms with E-state index in [1.165, 1.54) is 35.2 Å². The third kappa shape index (κ3) is 4.63. The van der Waals surface area contributed by atoms with Gasteiger partial charge in [-0.2, -0.15) is 0 Å². The number of hydrogen-bond acceptors (Lipinski definition) is 6. The average Bonchev–Trinajstić information content (AvgIpc) is 2.54. The Morgan fingerprint density at radius 2 is 2.12 bits per heavy atom. The smallest absolute Gasteiger partial charge is 0.338 e. The van der Waals surface area contributed by atoms with Crippen LogP contribution in [0.3, 0.4) is 0 Å². The van der Waals surface area contributed by atoms with Gasteiger partial charge in [0, 0.05) is 31.4 Å².